The minimum Gasteiger partial charge on any atom is -0.487 e. The topological polar surface area (TPSA) is 27.1 Å². The van der Waals surface area contributed by atoms with Gasteiger partial charge < -0.3 is 4.74 Å². The summed E-state index contributed by atoms with van der Waals surface area (Å²) in [5, 5.41) is 4.06. The zero-order valence-electron chi connectivity index (χ0n) is 17.8. The van der Waals surface area contributed by atoms with Crippen LogP contribution >= 0.6 is 23.2 Å². The van der Waals surface area contributed by atoms with Crippen LogP contribution in [0, 0.1) is 13.8 Å². The fraction of sp³-hybridized carbons (Fsp3) is 0.160. The van der Waals surface area contributed by atoms with Crippen LogP contribution in [-0.2, 0) is 12.8 Å². The molecule has 4 rings (SSSR count). The van der Waals surface area contributed by atoms with Crippen molar-refractivity contribution in [1.82, 2.24) is 9.78 Å². The summed E-state index contributed by atoms with van der Waals surface area (Å²) in [5.74, 6) is 0.510. The molecule has 0 spiro atoms. The van der Waals surface area contributed by atoms with Gasteiger partial charge in [-0.1, -0.05) is 65.2 Å². The van der Waals surface area contributed by atoms with Gasteiger partial charge in [0.1, 0.15) is 18.0 Å². The van der Waals surface area contributed by atoms with Gasteiger partial charge in [-0.15, -0.1) is 0 Å². The van der Waals surface area contributed by atoms with Crippen molar-refractivity contribution in [1.29, 1.82) is 0 Å². The van der Waals surface area contributed by atoms with E-state index in [1.807, 2.05) is 26.0 Å². The van der Waals surface area contributed by atoms with Crippen LogP contribution < -0.4 is 4.74 Å². The first-order chi connectivity index (χ1) is 15.6. The summed E-state index contributed by atoms with van der Waals surface area (Å²) >= 11 is 12.4. The molecule has 0 amide bonds. The predicted octanol–water partition coefficient (Wildman–Crippen LogP) is 8.06. The largest absolute Gasteiger partial charge is 0.487 e. The van der Waals surface area contributed by atoms with E-state index in [-0.39, 0.29) is 28.0 Å². The number of para-hydroxylation sites is 1. The molecule has 8 heteroatoms. The first-order valence-electron chi connectivity index (χ1n) is 10.0. The van der Waals surface area contributed by atoms with Crippen LogP contribution in [0.5, 0.6) is 5.75 Å². The summed E-state index contributed by atoms with van der Waals surface area (Å²) in [6, 6.07) is 19.2. The lowest BCUT2D eigenvalue weighted by Crippen LogP contribution is -2.09. The number of aromatic nitrogens is 2. The maximum absolute atomic E-state index is 13.3. The van der Waals surface area contributed by atoms with Gasteiger partial charge in [0.2, 0.25) is 0 Å². The second-order valence-electron chi connectivity index (χ2n) is 7.63. The molecule has 0 aliphatic heterocycles. The molecule has 0 radical (unpaired) electrons. The lowest BCUT2D eigenvalue weighted by Gasteiger charge is -2.13. The van der Waals surface area contributed by atoms with Crippen LogP contribution in [0.25, 0.3) is 16.8 Å². The maximum atomic E-state index is 13.3. The second-order valence-corrected chi connectivity index (χ2v) is 8.45. The Bertz CT molecular complexity index is 1280. The molecule has 0 saturated heterocycles. The molecule has 0 saturated carbocycles. The summed E-state index contributed by atoms with van der Waals surface area (Å²) < 4.78 is 46.9. The summed E-state index contributed by atoms with van der Waals surface area (Å²) in [5.41, 5.74) is 3.72. The third-order valence-electron chi connectivity index (χ3n) is 5.17. The standard InChI is InChI=1S/C25H19Cl2F3N2O/c1-15-6-7-16(2)20(12-15)17-8-10-19(11-9-17)33-14-18-13-23(25(28,29)30)31-32(18)24-21(26)4-3-5-22(24)27/h3-13H,14H2,1-2H3. The van der Waals surface area contributed by atoms with Gasteiger partial charge in [-0.2, -0.15) is 18.3 Å². The number of hydrogen-bond donors (Lipinski definition) is 0. The van der Waals surface area contributed by atoms with E-state index in [0.717, 1.165) is 33.0 Å². The fourth-order valence-corrected chi connectivity index (χ4v) is 4.04. The zero-order valence-corrected chi connectivity index (χ0v) is 19.3. The molecule has 3 aromatic carbocycles. The van der Waals surface area contributed by atoms with Crippen LogP contribution in [0.15, 0.2) is 66.7 Å². The minimum atomic E-state index is -4.62. The number of ether oxygens (including phenoxy) is 1. The van der Waals surface area contributed by atoms with Crippen LogP contribution in [0.3, 0.4) is 0 Å². The molecule has 1 aromatic heterocycles. The Kier molecular flexibility index (Phi) is 6.41. The van der Waals surface area contributed by atoms with Crippen molar-refractivity contribution in [2.45, 2.75) is 26.6 Å². The Balaban J connectivity index is 1.62. The van der Waals surface area contributed by atoms with Crippen LogP contribution in [-0.4, -0.2) is 9.78 Å². The van der Waals surface area contributed by atoms with Gasteiger partial charge in [0, 0.05) is 0 Å². The van der Waals surface area contributed by atoms with E-state index < -0.39 is 11.9 Å². The van der Waals surface area contributed by atoms with Crippen molar-refractivity contribution in [2.24, 2.45) is 0 Å². The minimum absolute atomic E-state index is 0.159. The average Bonchev–Trinajstić information content (AvgIpc) is 3.19. The SMILES string of the molecule is Cc1ccc(C)c(-c2ccc(OCc3cc(C(F)(F)F)nn3-c3c(Cl)cccc3Cl)cc2)c1. The number of hydrogen-bond acceptors (Lipinski definition) is 2. The quantitative estimate of drug-likeness (QED) is 0.282. The molecule has 0 aliphatic carbocycles. The molecule has 0 aliphatic rings. The monoisotopic (exact) mass is 490 g/mol. The van der Waals surface area contributed by atoms with E-state index >= 15 is 0 Å². The van der Waals surface area contributed by atoms with Crippen LogP contribution in [0.4, 0.5) is 13.2 Å². The van der Waals surface area contributed by atoms with Gasteiger partial charge in [0.25, 0.3) is 0 Å². The molecule has 0 bridgehead atoms. The van der Waals surface area contributed by atoms with Crippen molar-refractivity contribution in [2.75, 3.05) is 0 Å². The molecule has 0 fully saturated rings. The lowest BCUT2D eigenvalue weighted by atomic mass is 9.98. The first-order valence-corrected chi connectivity index (χ1v) is 10.8. The highest BCUT2D eigenvalue weighted by molar-refractivity contribution is 6.37. The Morgan fingerprint density at radius 3 is 2.21 bits per heavy atom. The molecule has 0 N–H and O–H groups in total. The first kappa shape index (κ1) is 23.2. The van der Waals surface area contributed by atoms with E-state index in [0.29, 0.717) is 5.75 Å². The van der Waals surface area contributed by atoms with Crippen molar-refractivity contribution < 1.29 is 17.9 Å². The highest BCUT2D eigenvalue weighted by atomic mass is 35.5. The highest BCUT2D eigenvalue weighted by Crippen LogP contribution is 2.34. The molecule has 0 atom stereocenters. The van der Waals surface area contributed by atoms with E-state index in [1.165, 1.54) is 12.1 Å². The number of aryl methyl sites for hydroxylation is 2. The van der Waals surface area contributed by atoms with E-state index in [2.05, 4.69) is 23.3 Å². The Labute approximate surface area is 199 Å². The molecular weight excluding hydrogens is 472 g/mol. The van der Waals surface area contributed by atoms with Gasteiger partial charge in [0.05, 0.1) is 15.7 Å². The third-order valence-corrected chi connectivity index (χ3v) is 5.78. The van der Waals surface area contributed by atoms with Crippen molar-refractivity contribution in [3.05, 3.63) is 99.3 Å². The zero-order chi connectivity index (χ0) is 23.8. The number of rotatable bonds is 5. The third kappa shape index (κ3) is 5.02. The normalized spacial score (nSPS) is 11.6. The molecule has 33 heavy (non-hydrogen) atoms. The fourth-order valence-electron chi connectivity index (χ4n) is 3.48. The molecular formula is C25H19Cl2F3N2O. The van der Waals surface area contributed by atoms with Crippen molar-refractivity contribution >= 4 is 23.2 Å². The Hall–Kier alpha value is -2.96. The molecule has 170 valence electrons. The smallest absolute Gasteiger partial charge is 0.435 e. The van der Waals surface area contributed by atoms with Crippen LogP contribution in [0.1, 0.15) is 22.5 Å². The number of nitrogens with zero attached hydrogens (tertiary/aromatic N) is 2. The van der Waals surface area contributed by atoms with E-state index in [1.54, 1.807) is 18.2 Å². The predicted molar refractivity (Wildman–Crippen MR) is 124 cm³/mol. The number of alkyl halides is 3. The Morgan fingerprint density at radius 1 is 0.909 bits per heavy atom. The molecule has 0 unspecified atom stereocenters. The van der Waals surface area contributed by atoms with Crippen molar-refractivity contribution in [3.63, 3.8) is 0 Å². The number of benzene rings is 3. The van der Waals surface area contributed by atoms with Gasteiger partial charge in [0.15, 0.2) is 5.69 Å². The summed E-state index contributed by atoms with van der Waals surface area (Å²) in [7, 11) is 0. The molecule has 3 nitrogen and oxygen atoms in total. The highest BCUT2D eigenvalue weighted by Gasteiger charge is 2.35. The van der Waals surface area contributed by atoms with Gasteiger partial charge in [-0.05, 0) is 60.9 Å². The van der Waals surface area contributed by atoms with Crippen molar-refractivity contribution in [3.8, 4) is 22.6 Å². The molecule has 1 heterocycles. The number of halogens is 5. The lowest BCUT2D eigenvalue weighted by molar-refractivity contribution is -0.141. The van der Waals surface area contributed by atoms with Crippen LogP contribution in [0.2, 0.25) is 10.0 Å². The van der Waals surface area contributed by atoms with Gasteiger partial charge in [-0.25, -0.2) is 4.68 Å². The van der Waals surface area contributed by atoms with Gasteiger partial charge in [-0.3, -0.25) is 0 Å². The Morgan fingerprint density at radius 2 is 1.58 bits per heavy atom. The summed E-state index contributed by atoms with van der Waals surface area (Å²) in [6.45, 7) is 3.91. The maximum Gasteiger partial charge on any atom is 0.435 e. The van der Waals surface area contributed by atoms with Gasteiger partial charge >= 0.3 is 6.18 Å². The summed E-state index contributed by atoms with van der Waals surface area (Å²) in [6.07, 6.45) is -4.62. The van der Waals surface area contributed by atoms with E-state index in [4.69, 9.17) is 27.9 Å². The average molecular weight is 491 g/mol. The second kappa shape index (κ2) is 9.12. The summed E-state index contributed by atoms with van der Waals surface area (Å²) in [4.78, 5) is 0. The molecule has 4 aromatic rings. The van der Waals surface area contributed by atoms with E-state index in [9.17, 15) is 13.2 Å².